The summed E-state index contributed by atoms with van der Waals surface area (Å²) in [4.78, 5) is 11.1. The van der Waals surface area contributed by atoms with Gasteiger partial charge in [0.1, 0.15) is 0 Å². The van der Waals surface area contributed by atoms with Gasteiger partial charge in [0.15, 0.2) is 0 Å². The Labute approximate surface area is 97.7 Å². The van der Waals surface area contributed by atoms with E-state index in [0.29, 0.717) is 26.2 Å². The number of carbonyl (C=O) groups is 1. The van der Waals surface area contributed by atoms with Crippen LogP contribution in [0.2, 0.25) is 0 Å². The smallest absolute Gasteiger partial charge is 0.234 e. The first-order valence-electron chi connectivity index (χ1n) is 5.81. The minimum Gasteiger partial charge on any atom is -0.385 e. The van der Waals surface area contributed by atoms with Crippen LogP contribution in [0, 0.1) is 0 Å². The van der Waals surface area contributed by atoms with E-state index in [0.717, 1.165) is 19.4 Å². The second-order valence-corrected chi connectivity index (χ2v) is 3.66. The monoisotopic (exact) mass is 232 g/mol. The average Bonchev–Trinajstić information content (AvgIpc) is 2.26. The molecule has 0 heterocycles. The van der Waals surface area contributed by atoms with Crippen molar-refractivity contribution < 1.29 is 14.3 Å². The molecule has 0 spiro atoms. The van der Waals surface area contributed by atoms with Crippen LogP contribution in [0.15, 0.2) is 0 Å². The molecular weight excluding hydrogens is 208 g/mol. The zero-order chi connectivity index (χ0) is 12.2. The van der Waals surface area contributed by atoms with Crippen molar-refractivity contribution >= 4 is 5.91 Å². The second kappa shape index (κ2) is 10.9. The van der Waals surface area contributed by atoms with Crippen LogP contribution in [-0.2, 0) is 14.3 Å². The molecule has 1 atom stereocenters. The Morgan fingerprint density at radius 3 is 2.69 bits per heavy atom. The summed E-state index contributed by atoms with van der Waals surface area (Å²) >= 11 is 0. The SMILES string of the molecule is CCCNC(CCOCCCOC)C(N)=O. The molecule has 0 rings (SSSR count). The number of nitrogens with one attached hydrogen (secondary N) is 1. The fourth-order valence-electron chi connectivity index (χ4n) is 1.27. The summed E-state index contributed by atoms with van der Waals surface area (Å²) in [6.45, 7) is 4.76. The van der Waals surface area contributed by atoms with Gasteiger partial charge >= 0.3 is 0 Å². The van der Waals surface area contributed by atoms with Gasteiger partial charge in [-0.05, 0) is 25.8 Å². The van der Waals surface area contributed by atoms with Crippen LogP contribution in [0.1, 0.15) is 26.2 Å². The molecule has 0 fully saturated rings. The molecule has 1 amide bonds. The van der Waals surface area contributed by atoms with Gasteiger partial charge in [0.05, 0.1) is 6.04 Å². The van der Waals surface area contributed by atoms with E-state index in [1.165, 1.54) is 0 Å². The number of ether oxygens (including phenoxy) is 2. The number of primary amides is 1. The fraction of sp³-hybridized carbons (Fsp3) is 0.909. The summed E-state index contributed by atoms with van der Waals surface area (Å²) in [6, 6.07) is -0.276. The Kier molecular flexibility index (Phi) is 10.4. The minimum absolute atomic E-state index is 0.276. The summed E-state index contributed by atoms with van der Waals surface area (Å²) < 4.78 is 10.3. The van der Waals surface area contributed by atoms with Crippen LogP contribution >= 0.6 is 0 Å². The molecule has 0 radical (unpaired) electrons. The number of carbonyl (C=O) groups excluding carboxylic acids is 1. The van der Waals surface area contributed by atoms with Gasteiger partial charge in [-0.3, -0.25) is 4.79 Å². The summed E-state index contributed by atoms with van der Waals surface area (Å²) in [6.07, 6.45) is 2.49. The Bertz CT molecular complexity index is 177. The molecule has 1 unspecified atom stereocenters. The number of rotatable bonds is 11. The zero-order valence-electron chi connectivity index (χ0n) is 10.3. The van der Waals surface area contributed by atoms with E-state index in [9.17, 15) is 4.79 Å². The maximum Gasteiger partial charge on any atom is 0.234 e. The van der Waals surface area contributed by atoms with Crippen LogP contribution in [0.25, 0.3) is 0 Å². The highest BCUT2D eigenvalue weighted by Crippen LogP contribution is 1.94. The second-order valence-electron chi connectivity index (χ2n) is 3.66. The average molecular weight is 232 g/mol. The van der Waals surface area contributed by atoms with Gasteiger partial charge in [-0.25, -0.2) is 0 Å². The van der Waals surface area contributed by atoms with Crippen LogP contribution < -0.4 is 11.1 Å². The van der Waals surface area contributed by atoms with Crippen LogP contribution in [0.4, 0.5) is 0 Å². The molecule has 0 aromatic heterocycles. The van der Waals surface area contributed by atoms with Crippen molar-refractivity contribution in [2.45, 2.75) is 32.2 Å². The van der Waals surface area contributed by atoms with Crippen molar-refractivity contribution in [3.8, 4) is 0 Å². The van der Waals surface area contributed by atoms with Crippen molar-refractivity contribution in [2.24, 2.45) is 5.73 Å². The third-order valence-corrected chi connectivity index (χ3v) is 2.17. The number of hydrogen-bond donors (Lipinski definition) is 2. The lowest BCUT2D eigenvalue weighted by molar-refractivity contribution is -0.120. The molecule has 3 N–H and O–H groups in total. The molecule has 0 aliphatic heterocycles. The standard InChI is InChI=1S/C11H24N2O3/c1-3-6-13-10(11(12)14)5-9-16-8-4-7-15-2/h10,13H,3-9H2,1-2H3,(H2,12,14). The normalized spacial score (nSPS) is 12.6. The fourth-order valence-corrected chi connectivity index (χ4v) is 1.27. The predicted molar refractivity (Wildman–Crippen MR) is 63.2 cm³/mol. The third-order valence-electron chi connectivity index (χ3n) is 2.17. The highest BCUT2D eigenvalue weighted by molar-refractivity contribution is 5.79. The van der Waals surface area contributed by atoms with Crippen LogP contribution in [0.5, 0.6) is 0 Å². The van der Waals surface area contributed by atoms with Crippen molar-refractivity contribution in [1.29, 1.82) is 0 Å². The quantitative estimate of drug-likeness (QED) is 0.502. The molecule has 0 aromatic carbocycles. The van der Waals surface area contributed by atoms with E-state index in [1.54, 1.807) is 7.11 Å². The van der Waals surface area contributed by atoms with Gasteiger partial charge < -0.3 is 20.5 Å². The Balaban J connectivity index is 3.48. The van der Waals surface area contributed by atoms with Crippen molar-refractivity contribution in [1.82, 2.24) is 5.32 Å². The van der Waals surface area contributed by atoms with E-state index >= 15 is 0 Å². The number of amides is 1. The molecule has 16 heavy (non-hydrogen) atoms. The van der Waals surface area contributed by atoms with E-state index < -0.39 is 0 Å². The lowest BCUT2D eigenvalue weighted by atomic mass is 10.2. The maximum absolute atomic E-state index is 11.1. The lowest BCUT2D eigenvalue weighted by Gasteiger charge is -2.14. The predicted octanol–water partition coefficient (Wildman–Crippen LogP) is 0.283. The van der Waals surface area contributed by atoms with Crippen molar-refractivity contribution in [2.75, 3.05) is 33.5 Å². The van der Waals surface area contributed by atoms with E-state index in [-0.39, 0.29) is 11.9 Å². The highest BCUT2D eigenvalue weighted by atomic mass is 16.5. The van der Waals surface area contributed by atoms with Gasteiger partial charge in [-0.2, -0.15) is 0 Å². The van der Waals surface area contributed by atoms with Gasteiger partial charge in [0.25, 0.3) is 0 Å². The topological polar surface area (TPSA) is 73.6 Å². The lowest BCUT2D eigenvalue weighted by Crippen LogP contribution is -2.42. The molecule has 0 aliphatic carbocycles. The first-order valence-corrected chi connectivity index (χ1v) is 5.81. The zero-order valence-corrected chi connectivity index (χ0v) is 10.3. The molecule has 0 saturated carbocycles. The van der Waals surface area contributed by atoms with E-state index in [2.05, 4.69) is 5.32 Å². The summed E-state index contributed by atoms with van der Waals surface area (Å²) in [5.41, 5.74) is 5.26. The summed E-state index contributed by atoms with van der Waals surface area (Å²) in [7, 11) is 1.66. The number of methoxy groups -OCH3 is 1. The van der Waals surface area contributed by atoms with E-state index in [4.69, 9.17) is 15.2 Å². The maximum atomic E-state index is 11.1. The summed E-state index contributed by atoms with van der Waals surface area (Å²) in [5.74, 6) is -0.311. The number of hydrogen-bond acceptors (Lipinski definition) is 4. The van der Waals surface area contributed by atoms with E-state index in [1.807, 2.05) is 6.92 Å². The molecule has 5 heteroatoms. The van der Waals surface area contributed by atoms with Crippen molar-refractivity contribution in [3.63, 3.8) is 0 Å². The minimum atomic E-state index is -0.311. The molecule has 0 aromatic rings. The Morgan fingerprint density at radius 1 is 1.38 bits per heavy atom. The van der Waals surface area contributed by atoms with Crippen LogP contribution in [0.3, 0.4) is 0 Å². The van der Waals surface area contributed by atoms with Gasteiger partial charge in [0, 0.05) is 26.9 Å². The first kappa shape index (κ1) is 15.3. The van der Waals surface area contributed by atoms with Crippen LogP contribution in [-0.4, -0.2) is 45.4 Å². The Hall–Kier alpha value is -0.650. The highest BCUT2D eigenvalue weighted by Gasteiger charge is 2.13. The Morgan fingerprint density at radius 2 is 2.12 bits per heavy atom. The molecule has 0 aliphatic rings. The third kappa shape index (κ3) is 8.64. The summed E-state index contributed by atoms with van der Waals surface area (Å²) in [5, 5.41) is 3.09. The molecule has 5 nitrogen and oxygen atoms in total. The van der Waals surface area contributed by atoms with Gasteiger partial charge in [-0.1, -0.05) is 6.92 Å². The first-order chi connectivity index (χ1) is 7.72. The molecule has 0 saturated heterocycles. The van der Waals surface area contributed by atoms with Crippen molar-refractivity contribution in [3.05, 3.63) is 0 Å². The molecule has 0 bridgehead atoms. The number of nitrogens with two attached hydrogens (primary N) is 1. The van der Waals surface area contributed by atoms with Gasteiger partial charge in [0.2, 0.25) is 5.91 Å². The largest absolute Gasteiger partial charge is 0.385 e. The molecule has 96 valence electrons. The molecular formula is C11H24N2O3. The van der Waals surface area contributed by atoms with Gasteiger partial charge in [-0.15, -0.1) is 0 Å².